The van der Waals surface area contributed by atoms with Gasteiger partial charge in [0, 0.05) is 6.54 Å². The standard InChI is InChI=1S/C10H19NO4/c1-10(2,3)15-9(13)11-5-4-8(6-11)14-7-12/h8,12H,4-7H2,1-3H3. The second kappa shape index (κ2) is 4.81. The maximum Gasteiger partial charge on any atom is 0.410 e. The van der Waals surface area contributed by atoms with Crippen molar-refractivity contribution < 1.29 is 19.4 Å². The number of aliphatic hydroxyl groups is 1. The lowest BCUT2D eigenvalue weighted by Crippen LogP contribution is -2.36. The molecule has 0 aliphatic carbocycles. The number of aliphatic hydroxyl groups excluding tert-OH is 1. The van der Waals surface area contributed by atoms with E-state index < -0.39 is 5.60 Å². The van der Waals surface area contributed by atoms with Crippen LogP contribution in [0.1, 0.15) is 27.2 Å². The first kappa shape index (κ1) is 12.3. The van der Waals surface area contributed by atoms with Gasteiger partial charge in [0.2, 0.25) is 0 Å². The van der Waals surface area contributed by atoms with E-state index in [1.54, 1.807) is 4.90 Å². The quantitative estimate of drug-likeness (QED) is 0.700. The summed E-state index contributed by atoms with van der Waals surface area (Å²) in [6.07, 6.45) is 0.369. The number of ether oxygens (including phenoxy) is 2. The molecule has 5 nitrogen and oxygen atoms in total. The van der Waals surface area contributed by atoms with Crippen molar-refractivity contribution in [2.45, 2.75) is 38.9 Å². The maximum absolute atomic E-state index is 11.6. The summed E-state index contributed by atoms with van der Waals surface area (Å²) < 4.78 is 10.2. The van der Waals surface area contributed by atoms with Crippen molar-refractivity contribution in [1.29, 1.82) is 0 Å². The molecule has 1 aliphatic rings. The van der Waals surface area contributed by atoms with E-state index >= 15 is 0 Å². The van der Waals surface area contributed by atoms with Crippen LogP contribution >= 0.6 is 0 Å². The largest absolute Gasteiger partial charge is 0.444 e. The van der Waals surface area contributed by atoms with E-state index in [-0.39, 0.29) is 19.0 Å². The van der Waals surface area contributed by atoms with Gasteiger partial charge in [0.25, 0.3) is 0 Å². The van der Waals surface area contributed by atoms with Crippen LogP contribution in [0.3, 0.4) is 0 Å². The molecule has 1 unspecified atom stereocenters. The van der Waals surface area contributed by atoms with Crippen LogP contribution in [0.25, 0.3) is 0 Å². The second-order valence-electron chi connectivity index (χ2n) is 4.63. The molecule has 0 aromatic heterocycles. The summed E-state index contributed by atoms with van der Waals surface area (Å²) in [7, 11) is 0. The molecular weight excluding hydrogens is 198 g/mol. The molecule has 1 fully saturated rings. The molecule has 1 N–H and O–H groups in total. The molecule has 1 atom stereocenters. The molecule has 1 amide bonds. The van der Waals surface area contributed by atoms with Crippen LogP contribution in [-0.4, -0.2) is 47.7 Å². The van der Waals surface area contributed by atoms with Gasteiger partial charge in [0.05, 0.1) is 12.6 Å². The lowest BCUT2D eigenvalue weighted by Gasteiger charge is -2.24. The van der Waals surface area contributed by atoms with Crippen molar-refractivity contribution in [3.05, 3.63) is 0 Å². The summed E-state index contributed by atoms with van der Waals surface area (Å²) >= 11 is 0. The molecular formula is C10H19NO4. The molecule has 1 rings (SSSR count). The number of hydrogen-bond acceptors (Lipinski definition) is 4. The van der Waals surface area contributed by atoms with E-state index in [1.165, 1.54) is 0 Å². The normalized spacial score (nSPS) is 21.9. The lowest BCUT2D eigenvalue weighted by molar-refractivity contribution is -0.0459. The van der Waals surface area contributed by atoms with E-state index in [9.17, 15) is 4.79 Å². The van der Waals surface area contributed by atoms with Crippen LogP contribution in [-0.2, 0) is 9.47 Å². The summed E-state index contributed by atoms with van der Waals surface area (Å²) in [6.45, 7) is 6.33. The van der Waals surface area contributed by atoms with Gasteiger partial charge in [-0.25, -0.2) is 4.79 Å². The maximum atomic E-state index is 11.6. The first-order valence-corrected chi connectivity index (χ1v) is 5.13. The second-order valence-corrected chi connectivity index (χ2v) is 4.63. The predicted molar refractivity (Wildman–Crippen MR) is 54.4 cm³/mol. The minimum atomic E-state index is -0.465. The first-order chi connectivity index (χ1) is 6.92. The molecule has 88 valence electrons. The molecule has 0 aromatic carbocycles. The van der Waals surface area contributed by atoms with Gasteiger partial charge in [0.15, 0.2) is 0 Å². The number of nitrogens with zero attached hydrogens (tertiary/aromatic N) is 1. The van der Waals surface area contributed by atoms with Crippen molar-refractivity contribution in [1.82, 2.24) is 4.90 Å². The summed E-state index contributed by atoms with van der Waals surface area (Å²) in [4.78, 5) is 13.2. The molecule has 1 saturated heterocycles. The lowest BCUT2D eigenvalue weighted by atomic mass is 10.2. The average Bonchev–Trinajstić information content (AvgIpc) is 2.50. The zero-order valence-electron chi connectivity index (χ0n) is 9.52. The van der Waals surface area contributed by atoms with Gasteiger partial charge >= 0.3 is 6.09 Å². The fraction of sp³-hybridized carbons (Fsp3) is 0.900. The van der Waals surface area contributed by atoms with Crippen LogP contribution < -0.4 is 0 Å². The molecule has 5 heteroatoms. The Labute approximate surface area is 90.0 Å². The van der Waals surface area contributed by atoms with Gasteiger partial charge in [-0.15, -0.1) is 0 Å². The van der Waals surface area contributed by atoms with Crippen LogP contribution in [0.4, 0.5) is 4.79 Å². The minimum absolute atomic E-state index is 0.0671. The number of carbonyl (C=O) groups excluding carboxylic acids is 1. The van der Waals surface area contributed by atoms with Crippen molar-refractivity contribution in [2.75, 3.05) is 19.9 Å². The topological polar surface area (TPSA) is 59.0 Å². The number of amides is 1. The Bertz CT molecular complexity index is 224. The Morgan fingerprint density at radius 1 is 1.53 bits per heavy atom. The van der Waals surface area contributed by atoms with Crippen molar-refractivity contribution in [3.63, 3.8) is 0 Å². The number of likely N-dealkylation sites (tertiary alicyclic amines) is 1. The van der Waals surface area contributed by atoms with Gasteiger partial charge < -0.3 is 19.5 Å². The highest BCUT2D eigenvalue weighted by Gasteiger charge is 2.29. The summed E-state index contributed by atoms with van der Waals surface area (Å²) in [5, 5.41) is 8.58. The molecule has 1 heterocycles. The van der Waals surface area contributed by atoms with E-state index in [0.717, 1.165) is 6.42 Å². The Hall–Kier alpha value is -0.810. The number of carbonyl (C=O) groups is 1. The van der Waals surface area contributed by atoms with E-state index in [4.69, 9.17) is 14.6 Å². The van der Waals surface area contributed by atoms with Crippen molar-refractivity contribution >= 4 is 6.09 Å². The SMILES string of the molecule is CC(C)(C)OC(=O)N1CCC(OCO)C1. The zero-order chi connectivity index (χ0) is 11.5. The Morgan fingerprint density at radius 2 is 2.20 bits per heavy atom. The first-order valence-electron chi connectivity index (χ1n) is 5.13. The Kier molecular flexibility index (Phi) is 3.93. The third-order valence-corrected chi connectivity index (χ3v) is 2.11. The highest BCUT2D eigenvalue weighted by Crippen LogP contribution is 2.16. The number of hydrogen-bond donors (Lipinski definition) is 1. The highest BCUT2D eigenvalue weighted by atomic mass is 16.6. The third kappa shape index (κ3) is 4.05. The fourth-order valence-corrected chi connectivity index (χ4v) is 1.46. The third-order valence-electron chi connectivity index (χ3n) is 2.11. The monoisotopic (exact) mass is 217 g/mol. The number of rotatable bonds is 2. The zero-order valence-corrected chi connectivity index (χ0v) is 9.52. The van der Waals surface area contributed by atoms with Crippen LogP contribution in [0, 0.1) is 0 Å². The highest BCUT2D eigenvalue weighted by molar-refractivity contribution is 5.68. The van der Waals surface area contributed by atoms with Gasteiger partial charge in [-0.3, -0.25) is 0 Å². The summed E-state index contributed by atoms with van der Waals surface area (Å²) in [5.74, 6) is 0. The van der Waals surface area contributed by atoms with Gasteiger partial charge in [-0.1, -0.05) is 0 Å². The van der Waals surface area contributed by atoms with E-state index in [1.807, 2.05) is 20.8 Å². The molecule has 1 aliphatic heterocycles. The Morgan fingerprint density at radius 3 is 2.73 bits per heavy atom. The predicted octanol–water partition coefficient (Wildman–Crippen LogP) is 0.962. The van der Waals surface area contributed by atoms with Crippen LogP contribution in [0.15, 0.2) is 0 Å². The molecule has 0 saturated carbocycles. The average molecular weight is 217 g/mol. The van der Waals surface area contributed by atoms with Gasteiger partial charge in [-0.2, -0.15) is 0 Å². The minimum Gasteiger partial charge on any atom is -0.444 e. The van der Waals surface area contributed by atoms with Crippen molar-refractivity contribution in [3.8, 4) is 0 Å². The van der Waals surface area contributed by atoms with Crippen LogP contribution in [0.2, 0.25) is 0 Å². The smallest absolute Gasteiger partial charge is 0.410 e. The van der Waals surface area contributed by atoms with E-state index in [2.05, 4.69) is 0 Å². The summed E-state index contributed by atoms with van der Waals surface area (Å²) in [6, 6.07) is 0. The summed E-state index contributed by atoms with van der Waals surface area (Å²) in [5.41, 5.74) is -0.465. The molecule has 0 radical (unpaired) electrons. The fourth-order valence-electron chi connectivity index (χ4n) is 1.46. The molecule has 0 spiro atoms. The van der Waals surface area contributed by atoms with E-state index in [0.29, 0.717) is 13.1 Å². The molecule has 0 aromatic rings. The van der Waals surface area contributed by atoms with Gasteiger partial charge in [0.1, 0.15) is 12.4 Å². The molecule has 0 bridgehead atoms. The van der Waals surface area contributed by atoms with Gasteiger partial charge in [-0.05, 0) is 27.2 Å². The Balaban J connectivity index is 2.37. The molecule has 15 heavy (non-hydrogen) atoms. The van der Waals surface area contributed by atoms with Crippen LogP contribution in [0.5, 0.6) is 0 Å². The van der Waals surface area contributed by atoms with Crippen molar-refractivity contribution in [2.24, 2.45) is 0 Å².